The van der Waals surface area contributed by atoms with Crippen LogP contribution in [0.4, 0.5) is 0 Å². The molecule has 3 amide bonds. The SMILES string of the molecule is COCOCC(c1ccc(OCc2ccccc2)cc1)N1CC(N2C(=O)c3ccccc3C2=O)C1=O. The molecule has 3 aromatic carbocycles. The zero-order valence-corrected chi connectivity index (χ0v) is 19.8. The molecule has 0 spiro atoms. The Morgan fingerprint density at radius 1 is 0.861 bits per heavy atom. The lowest BCUT2D eigenvalue weighted by Crippen LogP contribution is -2.66. The summed E-state index contributed by atoms with van der Waals surface area (Å²) in [6, 6.07) is 22.8. The number of amides is 3. The lowest BCUT2D eigenvalue weighted by molar-refractivity contribution is -0.155. The number of imide groups is 1. The predicted molar refractivity (Wildman–Crippen MR) is 130 cm³/mol. The standard InChI is InChI=1S/C28H26N2O6/c1-34-18-35-17-25(20-11-13-21(14-12-20)36-16-19-7-3-2-4-8-19)29-15-24(28(29)33)30-26(31)22-9-5-6-10-23(22)27(30)32/h2-14,24-25H,15-18H2,1H3. The average molecular weight is 487 g/mol. The van der Waals surface area contributed by atoms with Gasteiger partial charge >= 0.3 is 0 Å². The molecule has 0 N–H and O–H groups in total. The first-order valence-corrected chi connectivity index (χ1v) is 11.7. The van der Waals surface area contributed by atoms with Crippen molar-refractivity contribution >= 4 is 17.7 Å². The summed E-state index contributed by atoms with van der Waals surface area (Å²) in [5.74, 6) is -0.445. The summed E-state index contributed by atoms with van der Waals surface area (Å²) in [6.07, 6.45) is 0. The van der Waals surface area contributed by atoms with Crippen LogP contribution in [0.15, 0.2) is 78.9 Å². The number of carbonyl (C=O) groups is 3. The Hall–Kier alpha value is -4.01. The second-order valence-electron chi connectivity index (χ2n) is 8.67. The smallest absolute Gasteiger partial charge is 0.262 e. The van der Waals surface area contributed by atoms with E-state index in [1.54, 1.807) is 29.2 Å². The molecule has 2 heterocycles. The Balaban J connectivity index is 1.28. The quantitative estimate of drug-likeness (QED) is 0.189. The van der Waals surface area contributed by atoms with Crippen molar-refractivity contribution in [2.75, 3.05) is 27.1 Å². The number of hydrogen-bond donors (Lipinski definition) is 0. The van der Waals surface area contributed by atoms with Crippen molar-refractivity contribution in [3.05, 3.63) is 101 Å². The molecule has 8 heteroatoms. The maximum absolute atomic E-state index is 13.2. The summed E-state index contributed by atoms with van der Waals surface area (Å²) in [7, 11) is 1.53. The van der Waals surface area contributed by atoms with Crippen molar-refractivity contribution in [2.45, 2.75) is 18.7 Å². The summed E-state index contributed by atoms with van der Waals surface area (Å²) in [5.41, 5.74) is 2.59. The van der Waals surface area contributed by atoms with Crippen molar-refractivity contribution in [1.82, 2.24) is 9.80 Å². The fourth-order valence-electron chi connectivity index (χ4n) is 4.53. The van der Waals surface area contributed by atoms with E-state index in [0.717, 1.165) is 16.0 Å². The van der Waals surface area contributed by atoms with Crippen LogP contribution in [-0.4, -0.2) is 60.6 Å². The number of fused-ring (bicyclic) bond motifs is 1. The number of β-lactam (4-membered cyclic amide) rings is 1. The fraction of sp³-hybridized carbons (Fsp3) is 0.250. The molecule has 0 bridgehead atoms. The minimum Gasteiger partial charge on any atom is -0.489 e. The summed E-state index contributed by atoms with van der Waals surface area (Å²) in [5, 5.41) is 0. The molecule has 2 aliphatic heterocycles. The maximum atomic E-state index is 13.2. The molecule has 0 aliphatic carbocycles. The van der Waals surface area contributed by atoms with E-state index < -0.39 is 23.9 Å². The van der Waals surface area contributed by atoms with Crippen LogP contribution in [0.2, 0.25) is 0 Å². The van der Waals surface area contributed by atoms with Crippen LogP contribution >= 0.6 is 0 Å². The number of carbonyl (C=O) groups excluding carboxylic acids is 3. The van der Waals surface area contributed by atoms with Crippen LogP contribution in [0.25, 0.3) is 0 Å². The molecule has 184 valence electrons. The van der Waals surface area contributed by atoms with Crippen molar-refractivity contribution < 1.29 is 28.6 Å². The van der Waals surface area contributed by atoms with Gasteiger partial charge in [0.2, 0.25) is 5.91 Å². The van der Waals surface area contributed by atoms with E-state index in [2.05, 4.69) is 0 Å². The Morgan fingerprint density at radius 3 is 2.11 bits per heavy atom. The van der Waals surface area contributed by atoms with Gasteiger partial charge < -0.3 is 19.1 Å². The third kappa shape index (κ3) is 4.48. The van der Waals surface area contributed by atoms with Gasteiger partial charge in [-0.15, -0.1) is 0 Å². The molecule has 3 aromatic rings. The largest absolute Gasteiger partial charge is 0.489 e. The molecule has 2 aliphatic rings. The molecule has 8 nitrogen and oxygen atoms in total. The van der Waals surface area contributed by atoms with Gasteiger partial charge in [-0.1, -0.05) is 54.6 Å². The monoisotopic (exact) mass is 486 g/mol. The zero-order chi connectivity index (χ0) is 25.1. The van der Waals surface area contributed by atoms with E-state index in [1.165, 1.54) is 7.11 Å². The van der Waals surface area contributed by atoms with Crippen LogP contribution in [0, 0.1) is 0 Å². The minimum atomic E-state index is -0.823. The van der Waals surface area contributed by atoms with E-state index >= 15 is 0 Å². The normalized spacial score (nSPS) is 17.7. The number of likely N-dealkylation sites (tertiary alicyclic amines) is 1. The van der Waals surface area contributed by atoms with Crippen LogP contribution < -0.4 is 4.74 Å². The molecule has 0 saturated carbocycles. The Morgan fingerprint density at radius 2 is 1.50 bits per heavy atom. The van der Waals surface area contributed by atoms with Crippen LogP contribution in [0.5, 0.6) is 5.75 Å². The maximum Gasteiger partial charge on any atom is 0.262 e. The van der Waals surface area contributed by atoms with E-state index in [0.29, 0.717) is 23.5 Å². The summed E-state index contributed by atoms with van der Waals surface area (Å²) < 4.78 is 16.5. The van der Waals surface area contributed by atoms with Crippen molar-refractivity contribution in [3.63, 3.8) is 0 Å². The van der Waals surface area contributed by atoms with E-state index in [9.17, 15) is 14.4 Å². The molecule has 0 aromatic heterocycles. The first-order chi connectivity index (χ1) is 17.6. The second-order valence-corrected chi connectivity index (χ2v) is 8.67. The highest BCUT2D eigenvalue weighted by Gasteiger charge is 2.51. The number of hydrogen-bond acceptors (Lipinski definition) is 6. The number of methoxy groups -OCH3 is 1. The van der Waals surface area contributed by atoms with Gasteiger partial charge in [-0.25, -0.2) is 0 Å². The van der Waals surface area contributed by atoms with E-state index in [4.69, 9.17) is 14.2 Å². The molecule has 1 saturated heterocycles. The lowest BCUT2D eigenvalue weighted by Gasteiger charge is -2.46. The second kappa shape index (κ2) is 10.3. The highest BCUT2D eigenvalue weighted by molar-refractivity contribution is 6.23. The third-order valence-electron chi connectivity index (χ3n) is 6.44. The number of benzene rings is 3. The van der Waals surface area contributed by atoms with Gasteiger partial charge in [0, 0.05) is 7.11 Å². The molecule has 2 unspecified atom stereocenters. The van der Waals surface area contributed by atoms with Gasteiger partial charge in [-0.05, 0) is 35.4 Å². The molecular weight excluding hydrogens is 460 g/mol. The third-order valence-corrected chi connectivity index (χ3v) is 6.44. The highest BCUT2D eigenvalue weighted by Crippen LogP contribution is 2.34. The molecular formula is C28H26N2O6. The van der Waals surface area contributed by atoms with E-state index in [-0.39, 0.29) is 25.9 Å². The molecule has 1 fully saturated rings. The number of rotatable bonds is 10. The molecule has 2 atom stereocenters. The van der Waals surface area contributed by atoms with Gasteiger partial charge in [-0.3, -0.25) is 19.3 Å². The van der Waals surface area contributed by atoms with Crippen LogP contribution in [0.1, 0.15) is 37.9 Å². The lowest BCUT2D eigenvalue weighted by atomic mass is 9.97. The molecule has 0 radical (unpaired) electrons. The summed E-state index contributed by atoms with van der Waals surface area (Å²) in [4.78, 5) is 41.6. The van der Waals surface area contributed by atoms with Crippen molar-refractivity contribution in [2.24, 2.45) is 0 Å². The minimum absolute atomic E-state index is 0.0820. The number of ether oxygens (including phenoxy) is 3. The van der Waals surface area contributed by atoms with E-state index in [1.807, 2.05) is 54.6 Å². The Kier molecular flexibility index (Phi) is 6.79. The predicted octanol–water partition coefficient (Wildman–Crippen LogP) is 3.43. The summed E-state index contributed by atoms with van der Waals surface area (Å²) >= 11 is 0. The molecule has 5 rings (SSSR count). The van der Waals surface area contributed by atoms with Crippen molar-refractivity contribution in [1.29, 1.82) is 0 Å². The first kappa shape index (κ1) is 23.7. The zero-order valence-electron chi connectivity index (χ0n) is 19.8. The van der Waals surface area contributed by atoms with Crippen LogP contribution in [0.3, 0.4) is 0 Å². The van der Waals surface area contributed by atoms with Crippen LogP contribution in [-0.2, 0) is 20.9 Å². The fourth-order valence-corrected chi connectivity index (χ4v) is 4.53. The van der Waals surface area contributed by atoms with Gasteiger partial charge in [0.1, 0.15) is 25.2 Å². The van der Waals surface area contributed by atoms with Gasteiger partial charge in [-0.2, -0.15) is 0 Å². The number of nitrogens with zero attached hydrogens (tertiary/aromatic N) is 2. The molecule has 36 heavy (non-hydrogen) atoms. The first-order valence-electron chi connectivity index (χ1n) is 11.7. The Labute approximate surface area is 209 Å². The average Bonchev–Trinajstić information content (AvgIpc) is 3.16. The summed E-state index contributed by atoms with van der Waals surface area (Å²) in [6.45, 7) is 0.974. The van der Waals surface area contributed by atoms with Gasteiger partial charge in [0.15, 0.2) is 0 Å². The topological polar surface area (TPSA) is 85.4 Å². The van der Waals surface area contributed by atoms with Gasteiger partial charge in [0.05, 0.1) is 30.3 Å². The van der Waals surface area contributed by atoms with Crippen molar-refractivity contribution in [3.8, 4) is 5.75 Å². The van der Waals surface area contributed by atoms with Gasteiger partial charge in [0.25, 0.3) is 11.8 Å². The Bertz CT molecular complexity index is 1230. The highest BCUT2D eigenvalue weighted by atomic mass is 16.7.